The van der Waals surface area contributed by atoms with Crippen LogP contribution in [0.25, 0.3) is 0 Å². The molecule has 1 amide bonds. The fourth-order valence-corrected chi connectivity index (χ4v) is 1.61. The number of benzene rings is 1. The van der Waals surface area contributed by atoms with Crippen LogP contribution in [0.5, 0.6) is 0 Å². The van der Waals surface area contributed by atoms with Gasteiger partial charge in [0, 0.05) is 11.9 Å². The first kappa shape index (κ1) is 12.6. The summed E-state index contributed by atoms with van der Waals surface area (Å²) in [5.41, 5.74) is 7.64. The standard InChI is InChI=1S/C13H13N5O/c14-6-5-10-1-3-12(4-2-10)17-13(19)9-18-8-11(15)7-16-18/h1-4,7-8H,5,9,15H2,(H,17,19). The van der Waals surface area contributed by atoms with E-state index in [2.05, 4.69) is 16.5 Å². The average Bonchev–Trinajstić information content (AvgIpc) is 2.77. The van der Waals surface area contributed by atoms with Gasteiger partial charge in [-0.1, -0.05) is 12.1 Å². The Kier molecular flexibility index (Phi) is 3.78. The fourth-order valence-electron chi connectivity index (χ4n) is 1.61. The van der Waals surface area contributed by atoms with Gasteiger partial charge >= 0.3 is 0 Å². The SMILES string of the molecule is N#CCc1ccc(NC(=O)Cn2cc(N)cn2)cc1. The second-order valence-electron chi connectivity index (χ2n) is 4.05. The van der Waals surface area contributed by atoms with Crippen LogP contribution in [0.4, 0.5) is 11.4 Å². The van der Waals surface area contributed by atoms with Crippen LogP contribution in [0.15, 0.2) is 36.7 Å². The van der Waals surface area contributed by atoms with Crippen molar-refractivity contribution in [3.8, 4) is 6.07 Å². The van der Waals surface area contributed by atoms with Crippen molar-refractivity contribution in [1.82, 2.24) is 9.78 Å². The molecule has 2 aromatic rings. The predicted octanol–water partition coefficient (Wildman–Crippen LogP) is 1.17. The van der Waals surface area contributed by atoms with Gasteiger partial charge in [-0.25, -0.2) is 0 Å². The number of carbonyl (C=O) groups is 1. The lowest BCUT2D eigenvalue weighted by Crippen LogP contribution is -2.18. The van der Waals surface area contributed by atoms with E-state index in [1.807, 2.05) is 12.1 Å². The monoisotopic (exact) mass is 255 g/mol. The van der Waals surface area contributed by atoms with Gasteiger partial charge in [0.15, 0.2) is 0 Å². The lowest BCUT2D eigenvalue weighted by atomic mass is 10.1. The van der Waals surface area contributed by atoms with E-state index in [1.165, 1.54) is 10.9 Å². The average molecular weight is 255 g/mol. The van der Waals surface area contributed by atoms with Gasteiger partial charge in [-0.3, -0.25) is 9.48 Å². The maximum absolute atomic E-state index is 11.7. The Bertz CT molecular complexity index is 609. The Hall–Kier alpha value is -2.81. The van der Waals surface area contributed by atoms with E-state index in [-0.39, 0.29) is 12.5 Å². The highest BCUT2D eigenvalue weighted by Crippen LogP contribution is 2.10. The van der Waals surface area contributed by atoms with Gasteiger partial charge in [0.25, 0.3) is 0 Å². The molecule has 96 valence electrons. The number of hydrogen-bond acceptors (Lipinski definition) is 4. The Morgan fingerprint density at radius 2 is 2.16 bits per heavy atom. The summed E-state index contributed by atoms with van der Waals surface area (Å²) in [5.74, 6) is -0.184. The first-order valence-electron chi connectivity index (χ1n) is 5.71. The maximum Gasteiger partial charge on any atom is 0.246 e. The second-order valence-corrected chi connectivity index (χ2v) is 4.05. The summed E-state index contributed by atoms with van der Waals surface area (Å²) in [4.78, 5) is 11.7. The molecule has 0 saturated heterocycles. The molecular weight excluding hydrogens is 242 g/mol. The zero-order valence-corrected chi connectivity index (χ0v) is 10.2. The molecule has 3 N–H and O–H groups in total. The number of aromatic nitrogens is 2. The summed E-state index contributed by atoms with van der Waals surface area (Å²) in [6.45, 7) is 0.108. The van der Waals surface area contributed by atoms with Gasteiger partial charge in [0.05, 0.1) is 24.4 Å². The van der Waals surface area contributed by atoms with Crippen molar-refractivity contribution >= 4 is 17.3 Å². The van der Waals surface area contributed by atoms with E-state index in [4.69, 9.17) is 11.0 Å². The first-order valence-corrected chi connectivity index (χ1v) is 5.71. The number of nitrogen functional groups attached to an aromatic ring is 1. The number of carbonyl (C=O) groups excluding carboxylic acids is 1. The lowest BCUT2D eigenvalue weighted by Gasteiger charge is -2.05. The molecule has 0 aliphatic rings. The van der Waals surface area contributed by atoms with Crippen molar-refractivity contribution in [2.45, 2.75) is 13.0 Å². The molecule has 1 aromatic heterocycles. The normalized spacial score (nSPS) is 9.84. The Balaban J connectivity index is 1.93. The lowest BCUT2D eigenvalue weighted by molar-refractivity contribution is -0.116. The summed E-state index contributed by atoms with van der Waals surface area (Å²) >= 11 is 0. The van der Waals surface area contributed by atoms with Gasteiger partial charge in [-0.05, 0) is 17.7 Å². The number of nitrogens with two attached hydrogens (primary N) is 1. The molecule has 0 aliphatic carbocycles. The van der Waals surface area contributed by atoms with Crippen molar-refractivity contribution in [2.75, 3.05) is 11.1 Å². The van der Waals surface area contributed by atoms with Crippen LogP contribution < -0.4 is 11.1 Å². The van der Waals surface area contributed by atoms with Crippen LogP contribution in [0.3, 0.4) is 0 Å². The number of amides is 1. The largest absolute Gasteiger partial charge is 0.396 e. The van der Waals surface area contributed by atoms with Crippen LogP contribution in [0.2, 0.25) is 0 Å². The molecule has 2 rings (SSSR count). The Morgan fingerprint density at radius 1 is 1.42 bits per heavy atom. The van der Waals surface area contributed by atoms with Gasteiger partial charge < -0.3 is 11.1 Å². The molecule has 1 aromatic carbocycles. The van der Waals surface area contributed by atoms with Crippen molar-refractivity contribution < 1.29 is 4.79 Å². The molecule has 0 spiro atoms. The highest BCUT2D eigenvalue weighted by atomic mass is 16.2. The highest BCUT2D eigenvalue weighted by molar-refractivity contribution is 5.90. The third-order valence-electron chi connectivity index (χ3n) is 2.48. The first-order chi connectivity index (χ1) is 9.17. The van der Waals surface area contributed by atoms with Crippen LogP contribution in [-0.2, 0) is 17.8 Å². The van der Waals surface area contributed by atoms with E-state index in [9.17, 15) is 4.79 Å². The minimum Gasteiger partial charge on any atom is -0.396 e. The Morgan fingerprint density at radius 3 is 2.74 bits per heavy atom. The molecule has 0 atom stereocenters. The third-order valence-corrected chi connectivity index (χ3v) is 2.48. The molecule has 0 bridgehead atoms. The Labute approximate surface area is 110 Å². The summed E-state index contributed by atoms with van der Waals surface area (Å²) in [5, 5.41) is 15.2. The molecule has 0 radical (unpaired) electrons. The fraction of sp³-hybridized carbons (Fsp3) is 0.154. The minimum absolute atomic E-state index is 0.108. The van der Waals surface area contributed by atoms with E-state index < -0.39 is 0 Å². The van der Waals surface area contributed by atoms with E-state index in [1.54, 1.807) is 18.3 Å². The molecule has 0 saturated carbocycles. The van der Waals surface area contributed by atoms with E-state index in [0.29, 0.717) is 17.8 Å². The number of hydrogen-bond donors (Lipinski definition) is 2. The predicted molar refractivity (Wildman–Crippen MR) is 71.0 cm³/mol. The molecule has 0 aliphatic heterocycles. The number of anilines is 2. The molecule has 6 nitrogen and oxygen atoms in total. The maximum atomic E-state index is 11.7. The van der Waals surface area contributed by atoms with Crippen molar-refractivity contribution in [3.63, 3.8) is 0 Å². The number of nitriles is 1. The van der Waals surface area contributed by atoms with Crippen LogP contribution in [-0.4, -0.2) is 15.7 Å². The van der Waals surface area contributed by atoms with Gasteiger partial charge in [-0.2, -0.15) is 10.4 Å². The van der Waals surface area contributed by atoms with E-state index in [0.717, 1.165) is 5.56 Å². The third kappa shape index (κ3) is 3.57. The summed E-state index contributed by atoms with van der Waals surface area (Å²) in [6, 6.07) is 9.22. The number of nitrogens with one attached hydrogen (secondary N) is 1. The van der Waals surface area contributed by atoms with Crippen molar-refractivity contribution in [1.29, 1.82) is 5.26 Å². The summed E-state index contributed by atoms with van der Waals surface area (Å²) in [6.07, 6.45) is 3.44. The molecule has 0 fully saturated rings. The molecule has 6 heteroatoms. The van der Waals surface area contributed by atoms with Crippen LogP contribution >= 0.6 is 0 Å². The van der Waals surface area contributed by atoms with Crippen molar-refractivity contribution in [3.05, 3.63) is 42.2 Å². The zero-order chi connectivity index (χ0) is 13.7. The highest BCUT2D eigenvalue weighted by Gasteiger charge is 2.04. The topological polar surface area (TPSA) is 96.7 Å². The minimum atomic E-state index is -0.184. The van der Waals surface area contributed by atoms with Crippen molar-refractivity contribution in [2.24, 2.45) is 0 Å². The molecular formula is C13H13N5O. The smallest absolute Gasteiger partial charge is 0.246 e. The van der Waals surface area contributed by atoms with Crippen LogP contribution in [0.1, 0.15) is 5.56 Å². The van der Waals surface area contributed by atoms with Gasteiger partial charge in [-0.15, -0.1) is 0 Å². The van der Waals surface area contributed by atoms with E-state index >= 15 is 0 Å². The summed E-state index contributed by atoms with van der Waals surface area (Å²) in [7, 11) is 0. The van der Waals surface area contributed by atoms with Crippen LogP contribution in [0, 0.1) is 11.3 Å². The quantitative estimate of drug-likeness (QED) is 0.857. The number of rotatable bonds is 4. The molecule has 19 heavy (non-hydrogen) atoms. The molecule has 0 unspecified atom stereocenters. The van der Waals surface area contributed by atoms with Gasteiger partial charge in [0.1, 0.15) is 6.54 Å². The summed E-state index contributed by atoms with van der Waals surface area (Å²) < 4.78 is 1.47. The number of nitrogens with zero attached hydrogens (tertiary/aromatic N) is 3. The molecule has 1 heterocycles. The second kappa shape index (κ2) is 5.69. The van der Waals surface area contributed by atoms with Gasteiger partial charge in [0.2, 0.25) is 5.91 Å². The zero-order valence-electron chi connectivity index (χ0n) is 10.2.